The highest BCUT2D eigenvalue weighted by molar-refractivity contribution is 7.98. The van der Waals surface area contributed by atoms with Crippen LogP contribution in [0.15, 0.2) is 29.2 Å². The molecule has 1 aliphatic rings. The minimum absolute atomic E-state index is 0.400. The molecule has 1 aromatic carbocycles. The van der Waals surface area contributed by atoms with Crippen LogP contribution in [0.25, 0.3) is 0 Å². The van der Waals surface area contributed by atoms with Crippen molar-refractivity contribution in [2.24, 2.45) is 5.92 Å². The van der Waals surface area contributed by atoms with Gasteiger partial charge in [0.15, 0.2) is 0 Å². The van der Waals surface area contributed by atoms with Gasteiger partial charge < -0.3 is 10.1 Å². The Morgan fingerprint density at radius 3 is 2.56 bits per heavy atom. The van der Waals surface area contributed by atoms with E-state index in [1.165, 1.54) is 16.9 Å². The summed E-state index contributed by atoms with van der Waals surface area (Å²) in [6.45, 7) is 6.34. The minimum atomic E-state index is 0.400. The molecular weight excluding hydrogens is 242 g/mol. The van der Waals surface area contributed by atoms with E-state index >= 15 is 0 Å². The van der Waals surface area contributed by atoms with Crippen molar-refractivity contribution in [3.8, 4) is 0 Å². The molecule has 0 spiro atoms. The van der Waals surface area contributed by atoms with Gasteiger partial charge in [0.25, 0.3) is 0 Å². The second kappa shape index (κ2) is 6.60. The van der Waals surface area contributed by atoms with E-state index in [1.54, 1.807) is 11.8 Å². The largest absolute Gasteiger partial charge is 0.381 e. The van der Waals surface area contributed by atoms with E-state index in [1.807, 2.05) is 0 Å². The van der Waals surface area contributed by atoms with Crippen molar-refractivity contribution < 1.29 is 4.74 Å². The van der Waals surface area contributed by atoms with Crippen LogP contribution < -0.4 is 5.32 Å². The van der Waals surface area contributed by atoms with Crippen molar-refractivity contribution in [3.05, 3.63) is 29.8 Å². The minimum Gasteiger partial charge on any atom is -0.381 e. The van der Waals surface area contributed by atoms with Gasteiger partial charge >= 0.3 is 0 Å². The van der Waals surface area contributed by atoms with Gasteiger partial charge in [-0.2, -0.15) is 0 Å². The number of hydrogen-bond acceptors (Lipinski definition) is 3. The Morgan fingerprint density at radius 1 is 1.28 bits per heavy atom. The molecule has 1 fully saturated rings. The van der Waals surface area contributed by atoms with E-state index in [4.69, 9.17) is 4.74 Å². The van der Waals surface area contributed by atoms with Gasteiger partial charge in [-0.1, -0.05) is 12.1 Å². The summed E-state index contributed by atoms with van der Waals surface area (Å²) >= 11 is 1.79. The maximum Gasteiger partial charge on any atom is 0.0509 e. The molecule has 0 bridgehead atoms. The summed E-state index contributed by atoms with van der Waals surface area (Å²) < 4.78 is 5.45. The fourth-order valence-corrected chi connectivity index (χ4v) is 2.87. The molecule has 1 aromatic rings. The van der Waals surface area contributed by atoms with Crippen LogP contribution in [0.2, 0.25) is 0 Å². The van der Waals surface area contributed by atoms with Gasteiger partial charge in [-0.25, -0.2) is 0 Å². The van der Waals surface area contributed by atoms with E-state index in [0.29, 0.717) is 18.0 Å². The molecule has 0 radical (unpaired) electrons. The molecule has 3 atom stereocenters. The Labute approximate surface area is 114 Å². The van der Waals surface area contributed by atoms with Crippen LogP contribution in [0.5, 0.6) is 0 Å². The molecule has 2 rings (SSSR count). The summed E-state index contributed by atoms with van der Waals surface area (Å²) in [5, 5.41) is 3.69. The second-order valence-corrected chi connectivity index (χ2v) is 5.95. The van der Waals surface area contributed by atoms with Crippen molar-refractivity contribution in [1.29, 1.82) is 0 Å². The molecule has 3 heteroatoms. The van der Waals surface area contributed by atoms with Crippen LogP contribution in [0, 0.1) is 5.92 Å². The lowest BCUT2D eigenvalue weighted by atomic mass is 9.98. The smallest absolute Gasteiger partial charge is 0.0509 e. The first-order valence-electron chi connectivity index (χ1n) is 6.68. The van der Waals surface area contributed by atoms with Gasteiger partial charge in [0, 0.05) is 23.6 Å². The molecule has 3 unspecified atom stereocenters. The third-order valence-electron chi connectivity index (χ3n) is 3.80. The summed E-state index contributed by atoms with van der Waals surface area (Å²) in [4.78, 5) is 1.32. The van der Waals surface area contributed by atoms with Crippen LogP contribution in [0.3, 0.4) is 0 Å². The van der Waals surface area contributed by atoms with Crippen LogP contribution in [-0.4, -0.2) is 25.5 Å². The van der Waals surface area contributed by atoms with Crippen molar-refractivity contribution in [2.75, 3.05) is 19.5 Å². The van der Waals surface area contributed by atoms with Gasteiger partial charge in [-0.3, -0.25) is 0 Å². The van der Waals surface area contributed by atoms with E-state index in [9.17, 15) is 0 Å². The highest BCUT2D eigenvalue weighted by atomic mass is 32.2. The topological polar surface area (TPSA) is 21.3 Å². The highest BCUT2D eigenvalue weighted by Crippen LogP contribution is 2.22. The number of hydrogen-bond donors (Lipinski definition) is 1. The third-order valence-corrected chi connectivity index (χ3v) is 4.54. The second-order valence-electron chi connectivity index (χ2n) is 5.07. The third kappa shape index (κ3) is 3.50. The van der Waals surface area contributed by atoms with Gasteiger partial charge in [-0.15, -0.1) is 11.8 Å². The van der Waals surface area contributed by atoms with Crippen LogP contribution in [0.1, 0.15) is 31.9 Å². The molecule has 1 saturated heterocycles. The quantitative estimate of drug-likeness (QED) is 0.824. The maximum absolute atomic E-state index is 5.45. The van der Waals surface area contributed by atoms with E-state index in [0.717, 1.165) is 13.2 Å². The first-order valence-corrected chi connectivity index (χ1v) is 7.91. The molecular formula is C15H23NOS. The SMILES string of the molecule is CSc1ccc(C(C)NC(C)C2CCOC2)cc1. The number of thioether (sulfide) groups is 1. The molecule has 1 N–H and O–H groups in total. The summed E-state index contributed by atoms with van der Waals surface area (Å²) in [7, 11) is 0. The zero-order valence-electron chi connectivity index (χ0n) is 11.5. The molecule has 1 aliphatic heterocycles. The number of ether oxygens (including phenoxy) is 1. The Kier molecular flexibility index (Phi) is 5.10. The normalized spacial score (nSPS) is 22.9. The van der Waals surface area contributed by atoms with Crippen molar-refractivity contribution in [3.63, 3.8) is 0 Å². The van der Waals surface area contributed by atoms with Crippen LogP contribution >= 0.6 is 11.8 Å². The lowest BCUT2D eigenvalue weighted by Gasteiger charge is -2.24. The predicted molar refractivity (Wildman–Crippen MR) is 78.2 cm³/mol. The summed E-state index contributed by atoms with van der Waals surface area (Å²) in [5.41, 5.74) is 1.36. The Hall–Kier alpha value is -0.510. The number of nitrogens with one attached hydrogen (secondary N) is 1. The van der Waals surface area contributed by atoms with Crippen LogP contribution in [0.4, 0.5) is 0 Å². The lowest BCUT2D eigenvalue weighted by molar-refractivity contribution is 0.177. The molecule has 100 valence electrons. The molecule has 18 heavy (non-hydrogen) atoms. The lowest BCUT2D eigenvalue weighted by Crippen LogP contribution is -2.35. The predicted octanol–water partition coefficient (Wildman–Crippen LogP) is 3.48. The molecule has 0 aliphatic carbocycles. The van der Waals surface area contributed by atoms with Gasteiger partial charge in [0.1, 0.15) is 0 Å². The molecule has 1 heterocycles. The van der Waals surface area contributed by atoms with E-state index in [2.05, 4.69) is 49.7 Å². The molecule has 2 nitrogen and oxygen atoms in total. The molecule has 0 saturated carbocycles. The summed E-state index contributed by atoms with van der Waals surface area (Å²) in [6, 6.07) is 9.76. The average Bonchev–Trinajstić information content (AvgIpc) is 2.92. The Morgan fingerprint density at radius 2 is 2.00 bits per heavy atom. The summed E-state index contributed by atoms with van der Waals surface area (Å²) in [5.74, 6) is 0.665. The fraction of sp³-hybridized carbons (Fsp3) is 0.600. The molecule has 0 amide bonds. The van der Waals surface area contributed by atoms with E-state index in [-0.39, 0.29) is 0 Å². The maximum atomic E-state index is 5.45. The average molecular weight is 265 g/mol. The molecule has 0 aromatic heterocycles. The van der Waals surface area contributed by atoms with Crippen molar-refractivity contribution >= 4 is 11.8 Å². The van der Waals surface area contributed by atoms with Crippen LogP contribution in [-0.2, 0) is 4.74 Å². The Bertz CT molecular complexity index is 359. The zero-order chi connectivity index (χ0) is 13.0. The monoisotopic (exact) mass is 265 g/mol. The number of rotatable bonds is 5. The first-order chi connectivity index (χ1) is 8.70. The van der Waals surface area contributed by atoms with E-state index < -0.39 is 0 Å². The van der Waals surface area contributed by atoms with Gasteiger partial charge in [-0.05, 0) is 50.1 Å². The van der Waals surface area contributed by atoms with Crippen molar-refractivity contribution in [2.45, 2.75) is 37.2 Å². The standard InChI is InChI=1S/C15H23NOS/c1-11(13-4-6-15(18-3)7-5-13)16-12(2)14-8-9-17-10-14/h4-7,11-12,14,16H,8-10H2,1-3H3. The van der Waals surface area contributed by atoms with Gasteiger partial charge in [0.05, 0.1) is 6.61 Å². The highest BCUT2D eigenvalue weighted by Gasteiger charge is 2.23. The summed E-state index contributed by atoms with van der Waals surface area (Å²) in [6.07, 6.45) is 3.30. The van der Waals surface area contributed by atoms with Gasteiger partial charge in [0.2, 0.25) is 0 Å². The first kappa shape index (κ1) is 13.9. The van der Waals surface area contributed by atoms with Crippen molar-refractivity contribution in [1.82, 2.24) is 5.32 Å². The zero-order valence-corrected chi connectivity index (χ0v) is 12.3. The Balaban J connectivity index is 1.91. The number of benzene rings is 1. The fourth-order valence-electron chi connectivity index (χ4n) is 2.47.